The minimum absolute atomic E-state index is 0.145. The summed E-state index contributed by atoms with van der Waals surface area (Å²) < 4.78 is 0.640. The van der Waals surface area contributed by atoms with Crippen LogP contribution in [0, 0.1) is 0 Å². The molecule has 0 unspecified atom stereocenters. The Balaban J connectivity index is 2.66. The molecule has 0 aliphatic heterocycles. The molecule has 1 amide bonds. The summed E-state index contributed by atoms with van der Waals surface area (Å²) in [7, 11) is 0. The fourth-order valence-electron chi connectivity index (χ4n) is 0.991. The van der Waals surface area contributed by atoms with E-state index >= 15 is 0 Å². The zero-order chi connectivity index (χ0) is 11.3. The second-order valence-electron chi connectivity index (χ2n) is 2.97. The van der Waals surface area contributed by atoms with Gasteiger partial charge in [-0.25, -0.2) is 9.97 Å². The van der Waals surface area contributed by atoms with Crippen LogP contribution in [0.15, 0.2) is 28.6 Å². The van der Waals surface area contributed by atoms with Crippen molar-refractivity contribution in [1.82, 2.24) is 9.97 Å². The van der Waals surface area contributed by atoms with Gasteiger partial charge < -0.3 is 5.32 Å². The highest BCUT2D eigenvalue weighted by atomic mass is 79.9. The van der Waals surface area contributed by atoms with Crippen LogP contribution in [-0.4, -0.2) is 15.9 Å². The lowest BCUT2D eigenvalue weighted by molar-refractivity contribution is -0.112. The quantitative estimate of drug-likeness (QED) is 0.859. The van der Waals surface area contributed by atoms with E-state index in [1.807, 2.05) is 13.0 Å². The van der Waals surface area contributed by atoms with Gasteiger partial charge in [-0.2, -0.15) is 0 Å². The van der Waals surface area contributed by atoms with Gasteiger partial charge in [0.15, 0.2) is 5.82 Å². The monoisotopic (exact) mass is 269 g/mol. The Morgan fingerprint density at radius 3 is 2.80 bits per heavy atom. The van der Waals surface area contributed by atoms with E-state index in [9.17, 15) is 4.79 Å². The summed E-state index contributed by atoms with van der Waals surface area (Å²) >= 11 is 3.17. The molecule has 0 atom stereocenters. The molecule has 1 aromatic heterocycles. The lowest BCUT2D eigenvalue weighted by atomic mass is 10.2. The molecule has 0 spiro atoms. The van der Waals surface area contributed by atoms with Crippen LogP contribution in [0.3, 0.4) is 0 Å². The lowest BCUT2D eigenvalue weighted by Crippen LogP contribution is -2.13. The molecule has 0 fully saturated rings. The fourth-order valence-corrected chi connectivity index (χ4v) is 1.20. The Hall–Kier alpha value is -1.23. The number of anilines is 1. The number of rotatable bonds is 3. The highest BCUT2D eigenvalue weighted by molar-refractivity contribution is 9.10. The minimum atomic E-state index is -0.145. The average molecular weight is 270 g/mol. The Bertz CT molecular complexity index is 373. The number of aromatic nitrogens is 2. The third-order valence-electron chi connectivity index (χ3n) is 1.73. The standard InChI is InChI=1S/C10H12BrN3O/c1-3-4-7(2)10(15)14-9-6-12-8(11)5-13-9/h4-6H,3H2,1-2H3,(H,13,14,15). The van der Waals surface area contributed by atoms with Crippen LogP contribution < -0.4 is 5.32 Å². The molecule has 1 rings (SSSR count). The van der Waals surface area contributed by atoms with Gasteiger partial charge in [0.2, 0.25) is 0 Å². The first-order valence-electron chi connectivity index (χ1n) is 4.59. The van der Waals surface area contributed by atoms with Crippen molar-refractivity contribution in [3.8, 4) is 0 Å². The molecule has 0 aliphatic carbocycles. The molecular weight excluding hydrogens is 258 g/mol. The highest BCUT2D eigenvalue weighted by Crippen LogP contribution is 2.07. The third-order valence-corrected chi connectivity index (χ3v) is 2.14. The van der Waals surface area contributed by atoms with Gasteiger partial charge in [-0.15, -0.1) is 0 Å². The first-order chi connectivity index (χ1) is 7.13. The van der Waals surface area contributed by atoms with Crippen molar-refractivity contribution in [3.05, 3.63) is 28.6 Å². The molecule has 0 aliphatic rings. The molecule has 0 bridgehead atoms. The zero-order valence-electron chi connectivity index (χ0n) is 8.62. The number of nitrogens with one attached hydrogen (secondary N) is 1. The van der Waals surface area contributed by atoms with Crippen molar-refractivity contribution >= 4 is 27.7 Å². The smallest absolute Gasteiger partial charge is 0.252 e. The first kappa shape index (κ1) is 11.8. The molecule has 4 nitrogen and oxygen atoms in total. The van der Waals surface area contributed by atoms with E-state index in [1.54, 1.807) is 6.92 Å². The number of hydrogen-bond donors (Lipinski definition) is 1. The van der Waals surface area contributed by atoms with Gasteiger partial charge in [-0.3, -0.25) is 4.79 Å². The number of carbonyl (C=O) groups excluding carboxylic acids is 1. The number of carbonyl (C=O) groups is 1. The average Bonchev–Trinajstić information content (AvgIpc) is 2.22. The second kappa shape index (κ2) is 5.60. The summed E-state index contributed by atoms with van der Waals surface area (Å²) in [5.41, 5.74) is 0.683. The number of nitrogens with zero attached hydrogens (tertiary/aromatic N) is 2. The van der Waals surface area contributed by atoms with Crippen LogP contribution in [-0.2, 0) is 4.79 Å². The maximum atomic E-state index is 11.5. The lowest BCUT2D eigenvalue weighted by Gasteiger charge is -2.03. The largest absolute Gasteiger partial charge is 0.306 e. The summed E-state index contributed by atoms with van der Waals surface area (Å²) in [5.74, 6) is 0.306. The molecule has 0 aromatic carbocycles. The van der Waals surface area contributed by atoms with Crippen LogP contribution in [0.4, 0.5) is 5.82 Å². The van der Waals surface area contributed by atoms with E-state index in [0.29, 0.717) is 16.0 Å². The highest BCUT2D eigenvalue weighted by Gasteiger charge is 2.04. The van der Waals surface area contributed by atoms with E-state index in [4.69, 9.17) is 0 Å². The SMILES string of the molecule is CCC=C(C)C(=O)Nc1cnc(Br)cn1. The van der Waals surface area contributed by atoms with Crippen LogP contribution in [0.1, 0.15) is 20.3 Å². The fraction of sp³-hybridized carbons (Fsp3) is 0.300. The summed E-state index contributed by atoms with van der Waals surface area (Å²) in [4.78, 5) is 19.5. The first-order valence-corrected chi connectivity index (χ1v) is 5.38. The van der Waals surface area contributed by atoms with Crippen molar-refractivity contribution in [2.75, 3.05) is 5.32 Å². The van der Waals surface area contributed by atoms with Crippen molar-refractivity contribution in [1.29, 1.82) is 0 Å². The minimum Gasteiger partial charge on any atom is -0.306 e. The molecule has 80 valence electrons. The van der Waals surface area contributed by atoms with Gasteiger partial charge in [0.1, 0.15) is 4.60 Å². The van der Waals surface area contributed by atoms with Crippen molar-refractivity contribution in [3.63, 3.8) is 0 Å². The number of allylic oxidation sites excluding steroid dienone is 1. The van der Waals surface area contributed by atoms with Crippen molar-refractivity contribution in [2.45, 2.75) is 20.3 Å². The number of halogens is 1. The summed E-state index contributed by atoms with van der Waals surface area (Å²) in [5, 5.41) is 2.65. The molecule has 1 aromatic rings. The maximum absolute atomic E-state index is 11.5. The van der Waals surface area contributed by atoms with Gasteiger partial charge >= 0.3 is 0 Å². The Morgan fingerprint density at radius 2 is 2.27 bits per heavy atom. The Labute approximate surface area is 96.9 Å². The van der Waals surface area contributed by atoms with Crippen molar-refractivity contribution in [2.24, 2.45) is 0 Å². The Kier molecular flexibility index (Phi) is 4.42. The summed E-state index contributed by atoms with van der Waals surface area (Å²) in [6.07, 6.45) is 5.74. The molecule has 0 saturated heterocycles. The van der Waals surface area contributed by atoms with Gasteiger partial charge in [-0.05, 0) is 29.3 Å². The zero-order valence-corrected chi connectivity index (χ0v) is 10.2. The van der Waals surface area contributed by atoms with Gasteiger partial charge in [-0.1, -0.05) is 13.0 Å². The van der Waals surface area contributed by atoms with Gasteiger partial charge in [0, 0.05) is 5.57 Å². The number of hydrogen-bond acceptors (Lipinski definition) is 3. The van der Waals surface area contributed by atoms with Gasteiger partial charge in [0.25, 0.3) is 5.91 Å². The molecule has 5 heteroatoms. The summed E-state index contributed by atoms with van der Waals surface area (Å²) in [6.45, 7) is 3.75. The summed E-state index contributed by atoms with van der Waals surface area (Å²) in [6, 6.07) is 0. The second-order valence-corrected chi connectivity index (χ2v) is 3.79. The van der Waals surface area contributed by atoms with Crippen LogP contribution in [0.2, 0.25) is 0 Å². The van der Waals surface area contributed by atoms with Crippen molar-refractivity contribution < 1.29 is 4.79 Å². The molecule has 1 N–H and O–H groups in total. The molecule has 0 radical (unpaired) electrons. The molecule has 15 heavy (non-hydrogen) atoms. The van der Waals surface area contributed by atoms with E-state index in [-0.39, 0.29) is 5.91 Å². The van der Waals surface area contributed by atoms with E-state index in [2.05, 4.69) is 31.2 Å². The molecular formula is C10H12BrN3O. The van der Waals surface area contributed by atoms with Crippen LogP contribution in [0.5, 0.6) is 0 Å². The molecule has 1 heterocycles. The maximum Gasteiger partial charge on any atom is 0.252 e. The van der Waals surface area contributed by atoms with Gasteiger partial charge in [0.05, 0.1) is 12.4 Å². The normalized spacial score (nSPS) is 11.3. The molecule has 0 saturated carbocycles. The van der Waals surface area contributed by atoms with E-state index in [1.165, 1.54) is 12.4 Å². The van der Waals surface area contributed by atoms with E-state index in [0.717, 1.165) is 6.42 Å². The number of amides is 1. The topological polar surface area (TPSA) is 54.9 Å². The van der Waals surface area contributed by atoms with Crippen LogP contribution in [0.25, 0.3) is 0 Å². The van der Waals surface area contributed by atoms with E-state index < -0.39 is 0 Å². The Morgan fingerprint density at radius 1 is 1.53 bits per heavy atom. The predicted octanol–water partition coefficient (Wildman–Crippen LogP) is 2.53. The third kappa shape index (κ3) is 3.79. The predicted molar refractivity (Wildman–Crippen MR) is 62.4 cm³/mol. The van der Waals surface area contributed by atoms with Crippen LogP contribution >= 0.6 is 15.9 Å².